The number of rotatable bonds is 2. The minimum atomic E-state index is -0.123. The van der Waals surface area contributed by atoms with Gasteiger partial charge in [-0.1, -0.05) is 41.6 Å². The molecule has 2 heterocycles. The summed E-state index contributed by atoms with van der Waals surface area (Å²) in [6, 6.07) is 13.7. The van der Waals surface area contributed by atoms with Crippen molar-refractivity contribution in [3.05, 3.63) is 59.7 Å². The second kappa shape index (κ2) is 5.50. The Bertz CT molecular complexity index is 866. The topological polar surface area (TPSA) is 59.2 Å². The largest absolute Gasteiger partial charge is 0.337 e. The van der Waals surface area contributed by atoms with Gasteiger partial charge in [-0.25, -0.2) is 0 Å². The number of benzene rings is 2. The molecular weight excluding hydrogens is 290 g/mol. The summed E-state index contributed by atoms with van der Waals surface area (Å²) in [7, 11) is 0. The monoisotopic (exact) mass is 307 g/mol. The predicted molar refractivity (Wildman–Crippen MR) is 86.0 cm³/mol. The van der Waals surface area contributed by atoms with Gasteiger partial charge in [-0.3, -0.25) is 4.79 Å². The van der Waals surface area contributed by atoms with E-state index in [4.69, 9.17) is 4.52 Å². The van der Waals surface area contributed by atoms with Crippen LogP contribution in [-0.2, 0) is 0 Å². The van der Waals surface area contributed by atoms with E-state index < -0.39 is 0 Å². The van der Waals surface area contributed by atoms with Crippen LogP contribution in [0.15, 0.2) is 47.0 Å². The minimum Gasteiger partial charge on any atom is -0.337 e. The molecule has 1 fully saturated rings. The zero-order valence-electron chi connectivity index (χ0n) is 12.9. The van der Waals surface area contributed by atoms with Crippen LogP contribution in [0.5, 0.6) is 0 Å². The lowest BCUT2D eigenvalue weighted by atomic mass is 10.0. The number of hydrogen-bond acceptors (Lipinski definition) is 4. The van der Waals surface area contributed by atoms with Crippen molar-refractivity contribution in [2.24, 2.45) is 0 Å². The van der Waals surface area contributed by atoms with Crippen LogP contribution in [0.25, 0.3) is 10.8 Å². The maximum absolute atomic E-state index is 13.1. The molecule has 0 radical (unpaired) electrons. The highest BCUT2D eigenvalue weighted by Gasteiger charge is 2.34. The molecule has 1 aliphatic heterocycles. The summed E-state index contributed by atoms with van der Waals surface area (Å²) in [4.78, 5) is 19.3. The van der Waals surface area contributed by atoms with Gasteiger partial charge in [0.2, 0.25) is 5.89 Å². The Labute approximate surface area is 133 Å². The van der Waals surface area contributed by atoms with Crippen molar-refractivity contribution in [1.82, 2.24) is 15.0 Å². The van der Waals surface area contributed by atoms with Gasteiger partial charge in [0.1, 0.15) is 6.04 Å². The van der Waals surface area contributed by atoms with E-state index in [1.807, 2.05) is 47.4 Å². The number of carbonyl (C=O) groups is 1. The van der Waals surface area contributed by atoms with Crippen molar-refractivity contribution in [2.45, 2.75) is 25.8 Å². The Morgan fingerprint density at radius 1 is 1.22 bits per heavy atom. The van der Waals surface area contributed by atoms with E-state index in [0.29, 0.717) is 18.3 Å². The molecule has 0 spiro atoms. The maximum atomic E-state index is 13.1. The smallest absolute Gasteiger partial charge is 0.255 e. The molecule has 3 aromatic rings. The summed E-state index contributed by atoms with van der Waals surface area (Å²) in [6.45, 7) is 2.51. The fourth-order valence-corrected chi connectivity index (χ4v) is 3.28. The first-order valence-electron chi connectivity index (χ1n) is 7.83. The predicted octanol–water partition coefficient (Wildman–Crippen LogP) is 3.51. The van der Waals surface area contributed by atoms with E-state index in [-0.39, 0.29) is 11.9 Å². The Hall–Kier alpha value is -2.69. The van der Waals surface area contributed by atoms with Gasteiger partial charge in [-0.2, -0.15) is 4.98 Å². The first-order valence-corrected chi connectivity index (χ1v) is 7.83. The van der Waals surface area contributed by atoms with Crippen molar-refractivity contribution in [2.75, 3.05) is 6.54 Å². The van der Waals surface area contributed by atoms with Crippen LogP contribution < -0.4 is 0 Å². The number of aromatic nitrogens is 2. The van der Waals surface area contributed by atoms with E-state index in [1.54, 1.807) is 6.92 Å². The van der Waals surface area contributed by atoms with Crippen molar-refractivity contribution >= 4 is 16.7 Å². The van der Waals surface area contributed by atoms with Gasteiger partial charge in [0, 0.05) is 12.1 Å². The summed E-state index contributed by atoms with van der Waals surface area (Å²) in [6.07, 6.45) is 1.81. The summed E-state index contributed by atoms with van der Waals surface area (Å²) in [5.74, 6) is 1.16. The lowest BCUT2D eigenvalue weighted by Gasteiger charge is -2.22. The van der Waals surface area contributed by atoms with Crippen LogP contribution >= 0.6 is 0 Å². The Morgan fingerprint density at radius 3 is 2.87 bits per heavy atom. The van der Waals surface area contributed by atoms with Crippen molar-refractivity contribution in [3.8, 4) is 0 Å². The van der Waals surface area contributed by atoms with E-state index >= 15 is 0 Å². The molecule has 5 heteroatoms. The Balaban J connectivity index is 1.72. The number of amides is 1. The second-order valence-electron chi connectivity index (χ2n) is 5.86. The molecule has 23 heavy (non-hydrogen) atoms. The van der Waals surface area contributed by atoms with Crippen molar-refractivity contribution in [3.63, 3.8) is 0 Å². The van der Waals surface area contributed by atoms with Gasteiger partial charge in [-0.05, 0) is 36.6 Å². The number of nitrogens with zero attached hydrogens (tertiary/aromatic N) is 3. The molecule has 5 nitrogen and oxygen atoms in total. The normalized spacial score (nSPS) is 17.8. The van der Waals surface area contributed by atoms with Crippen LogP contribution in [0.4, 0.5) is 0 Å². The maximum Gasteiger partial charge on any atom is 0.255 e. The summed E-state index contributed by atoms with van der Waals surface area (Å²) < 4.78 is 5.30. The number of fused-ring (bicyclic) bond motifs is 1. The van der Waals surface area contributed by atoms with E-state index in [2.05, 4.69) is 10.1 Å². The fourth-order valence-electron chi connectivity index (χ4n) is 3.28. The third kappa shape index (κ3) is 2.38. The molecule has 1 atom stereocenters. The SMILES string of the molecule is Cc1noc(C2CCCN2C(=O)c2cccc3ccccc23)n1. The van der Waals surface area contributed by atoms with Crippen molar-refractivity contribution < 1.29 is 9.32 Å². The van der Waals surface area contributed by atoms with Gasteiger partial charge in [-0.15, -0.1) is 0 Å². The molecule has 0 saturated carbocycles. The summed E-state index contributed by atoms with van der Waals surface area (Å²) in [5, 5.41) is 5.90. The molecule has 1 aliphatic rings. The van der Waals surface area contributed by atoms with Gasteiger partial charge >= 0.3 is 0 Å². The summed E-state index contributed by atoms with van der Waals surface area (Å²) >= 11 is 0. The third-order valence-electron chi connectivity index (χ3n) is 4.36. The molecule has 2 aromatic carbocycles. The zero-order chi connectivity index (χ0) is 15.8. The lowest BCUT2D eigenvalue weighted by Crippen LogP contribution is -2.30. The van der Waals surface area contributed by atoms with Crippen LogP contribution in [0.2, 0.25) is 0 Å². The zero-order valence-corrected chi connectivity index (χ0v) is 12.9. The molecule has 1 saturated heterocycles. The minimum absolute atomic E-state index is 0.0279. The van der Waals surface area contributed by atoms with Crippen molar-refractivity contribution in [1.29, 1.82) is 0 Å². The number of carbonyl (C=O) groups excluding carboxylic acids is 1. The first-order chi connectivity index (χ1) is 11.2. The van der Waals surface area contributed by atoms with E-state index in [0.717, 1.165) is 29.2 Å². The second-order valence-corrected chi connectivity index (χ2v) is 5.86. The Kier molecular flexibility index (Phi) is 3.33. The highest BCUT2D eigenvalue weighted by atomic mass is 16.5. The molecule has 0 aliphatic carbocycles. The van der Waals surface area contributed by atoms with Crippen LogP contribution in [0.3, 0.4) is 0 Å². The van der Waals surface area contributed by atoms with Crippen LogP contribution in [-0.4, -0.2) is 27.5 Å². The van der Waals surface area contributed by atoms with Gasteiger partial charge in [0.05, 0.1) is 0 Å². The van der Waals surface area contributed by atoms with Gasteiger partial charge in [0.15, 0.2) is 5.82 Å². The molecule has 116 valence electrons. The quantitative estimate of drug-likeness (QED) is 0.727. The summed E-state index contributed by atoms with van der Waals surface area (Å²) in [5.41, 5.74) is 0.728. The number of aryl methyl sites for hydroxylation is 1. The van der Waals surface area contributed by atoms with E-state index in [9.17, 15) is 4.79 Å². The molecule has 0 N–H and O–H groups in total. The number of likely N-dealkylation sites (tertiary alicyclic amines) is 1. The average Bonchev–Trinajstić information content (AvgIpc) is 3.22. The average molecular weight is 307 g/mol. The highest BCUT2D eigenvalue weighted by Crippen LogP contribution is 2.33. The van der Waals surface area contributed by atoms with E-state index in [1.165, 1.54) is 0 Å². The lowest BCUT2D eigenvalue weighted by molar-refractivity contribution is 0.0712. The van der Waals surface area contributed by atoms with Crippen LogP contribution in [0.1, 0.15) is 41.0 Å². The first kappa shape index (κ1) is 13.9. The number of hydrogen-bond donors (Lipinski definition) is 0. The standard InChI is InChI=1S/C18H17N3O2/c1-12-19-17(23-20-12)16-10-5-11-21(16)18(22)15-9-4-7-13-6-2-3-8-14(13)15/h2-4,6-9,16H,5,10-11H2,1H3. The van der Waals surface area contributed by atoms with Gasteiger partial charge in [0.25, 0.3) is 5.91 Å². The molecule has 4 rings (SSSR count). The van der Waals surface area contributed by atoms with Gasteiger partial charge < -0.3 is 9.42 Å². The molecule has 0 bridgehead atoms. The molecule has 1 amide bonds. The molecule has 1 unspecified atom stereocenters. The Morgan fingerprint density at radius 2 is 2.04 bits per heavy atom. The molecule has 1 aromatic heterocycles. The third-order valence-corrected chi connectivity index (χ3v) is 4.36. The molecular formula is C18H17N3O2. The highest BCUT2D eigenvalue weighted by molar-refractivity contribution is 6.07. The fraction of sp³-hybridized carbons (Fsp3) is 0.278. The van der Waals surface area contributed by atoms with Crippen LogP contribution in [0, 0.1) is 6.92 Å².